The topological polar surface area (TPSA) is 136 Å². The van der Waals surface area contributed by atoms with Crippen molar-refractivity contribution in [1.29, 1.82) is 0 Å². The number of anilines is 1. The van der Waals surface area contributed by atoms with E-state index in [2.05, 4.69) is 21.2 Å². The molecule has 0 unspecified atom stereocenters. The largest absolute Gasteiger partial charge is 0.480 e. The van der Waals surface area contributed by atoms with Crippen LogP contribution in [-0.4, -0.2) is 28.9 Å². The molecule has 6 N–H and O–H groups in total. The number of rotatable bonds is 5. The van der Waals surface area contributed by atoms with Crippen LogP contribution >= 0.6 is 15.9 Å². The van der Waals surface area contributed by atoms with Crippen molar-refractivity contribution < 1.29 is 19.5 Å². The third-order valence-corrected chi connectivity index (χ3v) is 2.65. The van der Waals surface area contributed by atoms with E-state index in [1.165, 1.54) is 12.1 Å². The van der Waals surface area contributed by atoms with Crippen molar-refractivity contribution in [3.8, 4) is 0 Å². The van der Waals surface area contributed by atoms with Gasteiger partial charge in [0.1, 0.15) is 6.04 Å². The summed E-state index contributed by atoms with van der Waals surface area (Å²) in [5.74, 6) is -2.81. The first-order valence-electron chi connectivity index (χ1n) is 5.17. The molecule has 7 nitrogen and oxygen atoms in total. The van der Waals surface area contributed by atoms with Crippen LogP contribution in [0.4, 0.5) is 5.69 Å². The van der Waals surface area contributed by atoms with Gasteiger partial charge in [0.05, 0.1) is 6.42 Å². The molecule has 1 aromatic rings. The monoisotopic (exact) mass is 329 g/mol. The van der Waals surface area contributed by atoms with E-state index in [1.807, 2.05) is 0 Å². The van der Waals surface area contributed by atoms with Gasteiger partial charge in [0, 0.05) is 15.7 Å². The van der Waals surface area contributed by atoms with Gasteiger partial charge in [0.15, 0.2) is 0 Å². The van der Waals surface area contributed by atoms with Crippen LogP contribution in [0.5, 0.6) is 0 Å². The first-order chi connectivity index (χ1) is 8.79. The molecule has 102 valence electrons. The molecule has 1 aromatic carbocycles. The predicted molar refractivity (Wildman–Crippen MR) is 71.3 cm³/mol. The lowest BCUT2D eigenvalue weighted by Crippen LogP contribution is -2.43. The van der Waals surface area contributed by atoms with Crippen LogP contribution in [0.2, 0.25) is 0 Å². The summed E-state index contributed by atoms with van der Waals surface area (Å²) >= 11 is 3.17. The fourth-order valence-corrected chi connectivity index (χ4v) is 1.90. The molecule has 2 amide bonds. The fraction of sp³-hybridized carbons (Fsp3) is 0.182. The molecule has 8 heteroatoms. The summed E-state index contributed by atoms with van der Waals surface area (Å²) in [5, 5.41) is 11.1. The lowest BCUT2D eigenvalue weighted by atomic mass is 10.1. The highest BCUT2D eigenvalue weighted by Gasteiger charge is 2.22. The van der Waals surface area contributed by atoms with E-state index in [0.29, 0.717) is 10.2 Å². The molecule has 0 aromatic heterocycles. The van der Waals surface area contributed by atoms with Crippen LogP contribution < -0.4 is 16.8 Å². The smallest absolute Gasteiger partial charge is 0.326 e. The first-order valence-corrected chi connectivity index (χ1v) is 5.97. The second-order valence-corrected chi connectivity index (χ2v) is 4.72. The van der Waals surface area contributed by atoms with E-state index >= 15 is 0 Å². The van der Waals surface area contributed by atoms with Gasteiger partial charge in [0.2, 0.25) is 5.91 Å². The van der Waals surface area contributed by atoms with Gasteiger partial charge >= 0.3 is 5.97 Å². The summed E-state index contributed by atoms with van der Waals surface area (Å²) in [6, 6.07) is 3.10. The quantitative estimate of drug-likeness (QED) is 0.567. The number of benzene rings is 1. The molecule has 0 radical (unpaired) electrons. The van der Waals surface area contributed by atoms with Crippen molar-refractivity contribution >= 4 is 39.4 Å². The summed E-state index contributed by atoms with van der Waals surface area (Å²) in [5.41, 5.74) is 11.0. The van der Waals surface area contributed by atoms with Crippen molar-refractivity contribution in [2.75, 3.05) is 5.73 Å². The maximum absolute atomic E-state index is 11.8. The Bertz CT molecular complexity index is 512. The minimum absolute atomic E-state index is 0.183. The molecule has 0 fully saturated rings. The standard InChI is InChI=1S/C11H12BrN3O4/c12-6-1-5(2-7(13)3-6)10(17)15-8(11(18)19)4-9(14)16/h1-3,8H,4,13H2,(H2,14,16)(H,15,17)(H,18,19)/t8-/m1/s1. The van der Waals surface area contributed by atoms with Crippen molar-refractivity contribution in [2.45, 2.75) is 12.5 Å². The summed E-state index contributed by atoms with van der Waals surface area (Å²) < 4.78 is 0.583. The van der Waals surface area contributed by atoms with Gasteiger partial charge in [-0.3, -0.25) is 9.59 Å². The number of hydrogen-bond donors (Lipinski definition) is 4. The molecule has 0 heterocycles. The molecular formula is C11H12BrN3O4. The average Bonchev–Trinajstić information content (AvgIpc) is 2.25. The number of carboxylic acids is 1. The highest BCUT2D eigenvalue weighted by molar-refractivity contribution is 9.10. The number of carboxylic acid groups (broad SMARTS) is 1. The highest BCUT2D eigenvalue weighted by atomic mass is 79.9. The number of hydrogen-bond acceptors (Lipinski definition) is 4. The van der Waals surface area contributed by atoms with E-state index in [1.54, 1.807) is 6.07 Å². The lowest BCUT2D eigenvalue weighted by molar-refractivity contribution is -0.140. The van der Waals surface area contributed by atoms with E-state index in [0.717, 1.165) is 0 Å². The number of nitrogen functional groups attached to an aromatic ring is 1. The number of primary amides is 1. The van der Waals surface area contributed by atoms with Gasteiger partial charge < -0.3 is 21.9 Å². The minimum Gasteiger partial charge on any atom is -0.480 e. The van der Waals surface area contributed by atoms with Gasteiger partial charge in [-0.1, -0.05) is 15.9 Å². The van der Waals surface area contributed by atoms with Crippen LogP contribution in [0, 0.1) is 0 Å². The van der Waals surface area contributed by atoms with Crippen molar-refractivity contribution in [1.82, 2.24) is 5.32 Å². The fourth-order valence-electron chi connectivity index (χ4n) is 1.39. The zero-order valence-corrected chi connectivity index (χ0v) is 11.3. The number of aliphatic carboxylic acids is 1. The zero-order chi connectivity index (χ0) is 14.6. The van der Waals surface area contributed by atoms with Crippen LogP contribution in [0.25, 0.3) is 0 Å². The van der Waals surface area contributed by atoms with E-state index in [9.17, 15) is 14.4 Å². The van der Waals surface area contributed by atoms with E-state index in [-0.39, 0.29) is 5.56 Å². The second-order valence-electron chi connectivity index (χ2n) is 3.81. The highest BCUT2D eigenvalue weighted by Crippen LogP contribution is 2.17. The van der Waals surface area contributed by atoms with Crippen LogP contribution in [0.15, 0.2) is 22.7 Å². The molecule has 0 aliphatic carbocycles. The Labute approximate surface area is 117 Å². The lowest BCUT2D eigenvalue weighted by Gasteiger charge is -2.13. The Kier molecular flexibility index (Phi) is 4.87. The van der Waals surface area contributed by atoms with Crippen LogP contribution in [-0.2, 0) is 9.59 Å². The zero-order valence-electron chi connectivity index (χ0n) is 9.72. The third kappa shape index (κ3) is 4.59. The minimum atomic E-state index is -1.37. The normalized spacial score (nSPS) is 11.6. The Hall–Kier alpha value is -2.09. The van der Waals surface area contributed by atoms with Gasteiger partial charge in [0.25, 0.3) is 5.91 Å². The Morgan fingerprint density at radius 3 is 2.42 bits per heavy atom. The van der Waals surface area contributed by atoms with E-state index < -0.39 is 30.2 Å². The number of halogens is 1. The van der Waals surface area contributed by atoms with Gasteiger partial charge in [-0.05, 0) is 18.2 Å². The molecule has 0 aliphatic heterocycles. The number of nitrogens with two attached hydrogens (primary N) is 2. The molecule has 0 aliphatic rings. The number of carbonyl (C=O) groups is 3. The van der Waals surface area contributed by atoms with Gasteiger partial charge in [-0.2, -0.15) is 0 Å². The molecule has 0 saturated carbocycles. The van der Waals surface area contributed by atoms with Gasteiger partial charge in [-0.25, -0.2) is 4.79 Å². The Balaban J connectivity index is 2.87. The molecule has 19 heavy (non-hydrogen) atoms. The summed E-state index contributed by atoms with van der Waals surface area (Å²) in [6.07, 6.45) is -0.482. The number of carbonyl (C=O) groups excluding carboxylic acids is 2. The predicted octanol–water partition coefficient (Wildman–Crippen LogP) is 0.0897. The Morgan fingerprint density at radius 2 is 1.95 bits per heavy atom. The third-order valence-electron chi connectivity index (χ3n) is 2.19. The van der Waals surface area contributed by atoms with Crippen molar-refractivity contribution in [3.05, 3.63) is 28.2 Å². The summed E-state index contributed by atoms with van der Waals surface area (Å²) in [4.78, 5) is 33.4. The SMILES string of the molecule is NC(=O)C[C@@H](NC(=O)c1cc(N)cc(Br)c1)C(=O)O. The van der Waals surface area contributed by atoms with Crippen LogP contribution in [0.3, 0.4) is 0 Å². The molecule has 1 atom stereocenters. The Morgan fingerprint density at radius 1 is 1.32 bits per heavy atom. The summed E-state index contributed by atoms with van der Waals surface area (Å²) in [7, 11) is 0. The maximum Gasteiger partial charge on any atom is 0.326 e. The molecule has 1 rings (SSSR count). The number of amides is 2. The maximum atomic E-state index is 11.8. The van der Waals surface area contributed by atoms with Crippen molar-refractivity contribution in [3.63, 3.8) is 0 Å². The van der Waals surface area contributed by atoms with Crippen molar-refractivity contribution in [2.24, 2.45) is 5.73 Å². The number of nitrogens with one attached hydrogen (secondary N) is 1. The average molecular weight is 330 g/mol. The molecule has 0 spiro atoms. The first kappa shape index (κ1) is 15.0. The van der Waals surface area contributed by atoms with E-state index in [4.69, 9.17) is 16.6 Å². The molecular weight excluding hydrogens is 318 g/mol. The molecule has 0 saturated heterocycles. The second kappa shape index (κ2) is 6.19. The van der Waals surface area contributed by atoms with Crippen LogP contribution in [0.1, 0.15) is 16.8 Å². The molecule has 0 bridgehead atoms. The van der Waals surface area contributed by atoms with Gasteiger partial charge in [-0.15, -0.1) is 0 Å². The summed E-state index contributed by atoms with van der Waals surface area (Å²) in [6.45, 7) is 0.